The zero-order chi connectivity index (χ0) is 18.5. The maximum Gasteiger partial charge on any atom is 0.246 e. The SMILES string of the molecule is Cc1csc(NC(=O)Cn2cc(OCc3ccccc3)c(=O)cc2C)n1. The standard InChI is InChI=1S/C19H19N3O3S/c1-13-12-26-19(20-13)21-18(24)10-22-9-17(16(23)8-14(22)2)25-11-15-6-4-3-5-7-15/h3-9,12H,10-11H2,1-2H3,(H,20,21,24). The number of benzene rings is 1. The van der Waals surface area contributed by atoms with Crippen molar-refractivity contribution in [3.8, 4) is 5.75 Å². The highest BCUT2D eigenvalue weighted by Crippen LogP contribution is 2.15. The smallest absolute Gasteiger partial charge is 0.246 e. The van der Waals surface area contributed by atoms with Crippen LogP contribution in [-0.2, 0) is 17.9 Å². The van der Waals surface area contributed by atoms with Crippen LogP contribution in [0.3, 0.4) is 0 Å². The van der Waals surface area contributed by atoms with Crippen LogP contribution in [0, 0.1) is 13.8 Å². The first-order chi connectivity index (χ1) is 12.5. The first kappa shape index (κ1) is 17.9. The van der Waals surface area contributed by atoms with E-state index in [1.807, 2.05) is 42.6 Å². The number of ether oxygens (including phenoxy) is 1. The van der Waals surface area contributed by atoms with Gasteiger partial charge in [0.05, 0.1) is 11.9 Å². The van der Waals surface area contributed by atoms with Gasteiger partial charge in [0.1, 0.15) is 13.2 Å². The Balaban J connectivity index is 1.70. The molecule has 0 fully saturated rings. The molecule has 0 aliphatic heterocycles. The van der Waals surface area contributed by atoms with Crippen LogP contribution in [0.2, 0.25) is 0 Å². The minimum Gasteiger partial charge on any atom is -0.483 e. The van der Waals surface area contributed by atoms with Gasteiger partial charge < -0.3 is 14.6 Å². The van der Waals surface area contributed by atoms with Crippen molar-refractivity contribution in [2.75, 3.05) is 5.32 Å². The largest absolute Gasteiger partial charge is 0.483 e. The molecule has 0 bridgehead atoms. The van der Waals surface area contributed by atoms with Gasteiger partial charge in [0.25, 0.3) is 0 Å². The molecule has 0 unspecified atom stereocenters. The molecule has 26 heavy (non-hydrogen) atoms. The average Bonchev–Trinajstić information content (AvgIpc) is 3.02. The number of carbonyl (C=O) groups is 1. The van der Waals surface area contributed by atoms with E-state index in [0.29, 0.717) is 17.4 Å². The van der Waals surface area contributed by atoms with Gasteiger partial charge in [-0.25, -0.2) is 4.98 Å². The third-order valence-electron chi connectivity index (χ3n) is 3.73. The second kappa shape index (κ2) is 7.97. The molecule has 134 valence electrons. The van der Waals surface area contributed by atoms with E-state index >= 15 is 0 Å². The molecule has 0 aliphatic rings. The number of amides is 1. The second-order valence-corrected chi connectivity index (χ2v) is 6.75. The summed E-state index contributed by atoms with van der Waals surface area (Å²) in [5.41, 5.74) is 2.32. The fourth-order valence-corrected chi connectivity index (χ4v) is 3.09. The van der Waals surface area contributed by atoms with Crippen LogP contribution in [0.15, 0.2) is 52.8 Å². The third-order valence-corrected chi connectivity index (χ3v) is 4.60. The number of carbonyl (C=O) groups excluding carboxylic acids is 1. The number of pyridine rings is 1. The number of nitrogens with one attached hydrogen (secondary N) is 1. The lowest BCUT2D eigenvalue weighted by Gasteiger charge is -2.13. The summed E-state index contributed by atoms with van der Waals surface area (Å²) in [6.45, 7) is 4.02. The Morgan fingerprint density at radius 3 is 2.73 bits per heavy atom. The Labute approximate surface area is 155 Å². The molecule has 2 aromatic heterocycles. The average molecular weight is 369 g/mol. The van der Waals surface area contributed by atoms with E-state index in [0.717, 1.165) is 11.3 Å². The lowest BCUT2D eigenvalue weighted by molar-refractivity contribution is -0.116. The molecule has 1 amide bonds. The monoisotopic (exact) mass is 369 g/mol. The highest BCUT2D eigenvalue weighted by molar-refractivity contribution is 7.13. The van der Waals surface area contributed by atoms with Crippen LogP contribution in [-0.4, -0.2) is 15.5 Å². The summed E-state index contributed by atoms with van der Waals surface area (Å²) in [6, 6.07) is 11.1. The van der Waals surface area contributed by atoms with Crippen molar-refractivity contribution in [2.45, 2.75) is 27.0 Å². The molecule has 6 nitrogen and oxygen atoms in total. The molecule has 0 spiro atoms. The van der Waals surface area contributed by atoms with Crippen LogP contribution in [0.1, 0.15) is 17.0 Å². The van der Waals surface area contributed by atoms with Crippen LogP contribution in [0.4, 0.5) is 5.13 Å². The minimum atomic E-state index is -0.208. The number of nitrogens with zero attached hydrogens (tertiary/aromatic N) is 2. The number of rotatable bonds is 6. The minimum absolute atomic E-state index is 0.0758. The van der Waals surface area contributed by atoms with Gasteiger partial charge in [-0.1, -0.05) is 30.3 Å². The van der Waals surface area contributed by atoms with Gasteiger partial charge in [0.15, 0.2) is 10.9 Å². The normalized spacial score (nSPS) is 10.5. The Kier molecular flexibility index (Phi) is 5.48. The molecular weight excluding hydrogens is 350 g/mol. The molecule has 1 aromatic carbocycles. The number of thiazole rings is 1. The quantitative estimate of drug-likeness (QED) is 0.724. The molecule has 3 rings (SSSR count). The molecule has 0 atom stereocenters. The predicted molar refractivity (Wildman–Crippen MR) is 102 cm³/mol. The molecule has 1 N–H and O–H groups in total. The van der Waals surface area contributed by atoms with Crippen molar-refractivity contribution < 1.29 is 9.53 Å². The highest BCUT2D eigenvalue weighted by atomic mass is 32.1. The lowest BCUT2D eigenvalue weighted by Crippen LogP contribution is -2.22. The summed E-state index contributed by atoms with van der Waals surface area (Å²) >= 11 is 1.38. The first-order valence-electron chi connectivity index (χ1n) is 8.11. The van der Waals surface area contributed by atoms with Crippen LogP contribution in [0.25, 0.3) is 0 Å². The van der Waals surface area contributed by atoms with E-state index in [2.05, 4.69) is 10.3 Å². The number of hydrogen-bond acceptors (Lipinski definition) is 5. The van der Waals surface area contributed by atoms with E-state index in [1.165, 1.54) is 17.4 Å². The molecule has 0 saturated carbocycles. The maximum absolute atomic E-state index is 12.2. The van der Waals surface area contributed by atoms with E-state index < -0.39 is 0 Å². The van der Waals surface area contributed by atoms with Gasteiger partial charge in [-0.15, -0.1) is 11.3 Å². The number of aromatic nitrogens is 2. The molecule has 0 saturated heterocycles. The van der Waals surface area contributed by atoms with E-state index in [4.69, 9.17) is 4.74 Å². The summed E-state index contributed by atoms with van der Waals surface area (Å²) in [7, 11) is 0. The van der Waals surface area contributed by atoms with Crippen molar-refractivity contribution in [2.24, 2.45) is 0 Å². The number of aryl methyl sites for hydroxylation is 2. The topological polar surface area (TPSA) is 73.2 Å². The van der Waals surface area contributed by atoms with Crippen molar-refractivity contribution in [1.82, 2.24) is 9.55 Å². The highest BCUT2D eigenvalue weighted by Gasteiger charge is 2.10. The Morgan fingerprint density at radius 1 is 1.27 bits per heavy atom. The fraction of sp³-hybridized carbons (Fsp3) is 0.211. The summed E-state index contributed by atoms with van der Waals surface area (Å²) in [5, 5.41) is 5.19. The number of anilines is 1. The van der Waals surface area contributed by atoms with Gasteiger partial charge in [-0.05, 0) is 19.4 Å². The second-order valence-electron chi connectivity index (χ2n) is 5.89. The maximum atomic E-state index is 12.2. The summed E-state index contributed by atoms with van der Waals surface area (Å²) in [6.07, 6.45) is 1.58. The van der Waals surface area contributed by atoms with Crippen LogP contribution in [0.5, 0.6) is 5.75 Å². The van der Waals surface area contributed by atoms with Crippen molar-refractivity contribution in [1.29, 1.82) is 0 Å². The summed E-state index contributed by atoms with van der Waals surface area (Å²) in [5.74, 6) is 0.0115. The number of hydrogen-bond donors (Lipinski definition) is 1. The summed E-state index contributed by atoms with van der Waals surface area (Å²) < 4.78 is 7.34. The van der Waals surface area contributed by atoms with Crippen LogP contribution >= 0.6 is 11.3 Å². The van der Waals surface area contributed by atoms with Gasteiger partial charge >= 0.3 is 0 Å². The molecule has 0 aliphatic carbocycles. The molecule has 7 heteroatoms. The molecular formula is C19H19N3O3S. The third kappa shape index (κ3) is 4.58. The van der Waals surface area contributed by atoms with Crippen molar-refractivity contribution in [3.63, 3.8) is 0 Å². The summed E-state index contributed by atoms with van der Waals surface area (Å²) in [4.78, 5) is 28.6. The van der Waals surface area contributed by atoms with Crippen molar-refractivity contribution in [3.05, 3.63) is 75.1 Å². The van der Waals surface area contributed by atoms with Gasteiger partial charge in [0, 0.05) is 17.1 Å². The zero-order valence-corrected chi connectivity index (χ0v) is 15.4. The van der Waals surface area contributed by atoms with Gasteiger partial charge in [-0.2, -0.15) is 0 Å². The molecule has 0 radical (unpaired) electrons. The molecule has 3 aromatic rings. The Morgan fingerprint density at radius 2 is 2.04 bits per heavy atom. The van der Waals surface area contributed by atoms with Crippen molar-refractivity contribution >= 4 is 22.4 Å². The lowest BCUT2D eigenvalue weighted by atomic mass is 10.2. The zero-order valence-electron chi connectivity index (χ0n) is 14.6. The predicted octanol–water partition coefficient (Wildman–Crippen LogP) is 3.14. The van der Waals surface area contributed by atoms with Crippen LogP contribution < -0.4 is 15.5 Å². The van der Waals surface area contributed by atoms with Gasteiger partial charge in [-0.3, -0.25) is 9.59 Å². The van der Waals surface area contributed by atoms with Gasteiger partial charge in [0.2, 0.25) is 11.3 Å². The Hall–Kier alpha value is -2.93. The van der Waals surface area contributed by atoms with E-state index in [9.17, 15) is 9.59 Å². The molecule has 2 heterocycles. The fourth-order valence-electron chi connectivity index (χ4n) is 2.39. The Bertz CT molecular complexity index is 964. The van der Waals surface area contributed by atoms with E-state index in [1.54, 1.807) is 17.7 Å². The first-order valence-corrected chi connectivity index (χ1v) is 8.99. The van der Waals surface area contributed by atoms with E-state index in [-0.39, 0.29) is 23.6 Å².